The smallest absolute Gasteiger partial charge is 0.294 e. The normalized spacial score (nSPS) is 18.7. The minimum absolute atomic E-state index is 0.129. The van der Waals surface area contributed by atoms with Crippen LogP contribution in [0.2, 0.25) is 0 Å². The first-order valence-electron chi connectivity index (χ1n) is 11.2. The highest BCUT2D eigenvalue weighted by Gasteiger charge is 2.25. The third-order valence-electron chi connectivity index (χ3n) is 5.89. The third-order valence-corrected chi connectivity index (χ3v) is 5.89. The molecule has 2 heterocycles. The van der Waals surface area contributed by atoms with Crippen molar-refractivity contribution in [2.24, 2.45) is 5.92 Å². The van der Waals surface area contributed by atoms with Crippen LogP contribution in [-0.4, -0.2) is 40.6 Å². The van der Waals surface area contributed by atoms with E-state index in [1.54, 1.807) is 6.07 Å². The van der Waals surface area contributed by atoms with E-state index in [0.717, 1.165) is 56.3 Å². The number of hydrogen-bond donors (Lipinski definition) is 3. The Kier molecular flexibility index (Phi) is 6.50. The lowest BCUT2D eigenvalue weighted by molar-refractivity contribution is -0.383. The van der Waals surface area contributed by atoms with E-state index in [2.05, 4.69) is 33.5 Å². The van der Waals surface area contributed by atoms with Crippen molar-refractivity contribution in [1.29, 1.82) is 0 Å². The van der Waals surface area contributed by atoms with E-state index in [9.17, 15) is 10.1 Å². The monoisotopic (exact) mass is 425 g/mol. The van der Waals surface area contributed by atoms with E-state index in [4.69, 9.17) is 10.7 Å². The average Bonchev–Trinajstić information content (AvgIpc) is 3.58. The van der Waals surface area contributed by atoms with Crippen LogP contribution in [0.3, 0.4) is 0 Å². The summed E-state index contributed by atoms with van der Waals surface area (Å²) in [5.41, 5.74) is 7.23. The molecule has 1 saturated carbocycles. The molecule has 0 bridgehead atoms. The number of nitrogens with one attached hydrogen (secondary N) is 2. The molecule has 4 N–H and O–H groups in total. The fourth-order valence-electron chi connectivity index (χ4n) is 4.00. The highest BCUT2D eigenvalue weighted by atomic mass is 16.6. The molecule has 4 rings (SSSR count). The Morgan fingerprint density at radius 2 is 2.10 bits per heavy atom. The summed E-state index contributed by atoms with van der Waals surface area (Å²) < 4.78 is 0. The van der Waals surface area contributed by atoms with E-state index in [-0.39, 0.29) is 11.4 Å². The molecule has 2 aromatic rings. The molecule has 1 saturated heterocycles. The van der Waals surface area contributed by atoms with Gasteiger partial charge in [-0.15, -0.1) is 0 Å². The van der Waals surface area contributed by atoms with Crippen LogP contribution in [0.15, 0.2) is 24.3 Å². The Bertz CT molecular complexity index is 932. The second kappa shape index (κ2) is 9.47. The van der Waals surface area contributed by atoms with Gasteiger partial charge in [-0.05, 0) is 56.7 Å². The second-order valence-electron chi connectivity index (χ2n) is 8.58. The van der Waals surface area contributed by atoms with Gasteiger partial charge in [0.1, 0.15) is 11.5 Å². The number of anilines is 4. The summed E-state index contributed by atoms with van der Waals surface area (Å²) in [5, 5.41) is 18.1. The minimum atomic E-state index is -0.483. The maximum absolute atomic E-state index is 11.2. The fourth-order valence-corrected chi connectivity index (χ4v) is 4.00. The van der Waals surface area contributed by atoms with Crippen molar-refractivity contribution >= 4 is 28.8 Å². The van der Waals surface area contributed by atoms with Crippen molar-refractivity contribution in [1.82, 2.24) is 15.3 Å². The number of nitro groups is 1. The summed E-state index contributed by atoms with van der Waals surface area (Å²) in [6.45, 7) is 5.14. The van der Waals surface area contributed by atoms with Gasteiger partial charge in [0.15, 0.2) is 0 Å². The Morgan fingerprint density at radius 1 is 1.26 bits per heavy atom. The standard InChI is InChI=1S/C22H31N7O2/c1-2-4-16-12-21(28-10-3-5-18(14-28)24-13-15-6-7-15)27-22(25-16)26-17-8-9-19(23)20(11-17)29(30)31/h8-9,11-12,15,18,24H,2-7,10,13-14,23H2,1H3,(H,25,26,27). The fraction of sp³-hybridized carbons (Fsp3) is 0.545. The van der Waals surface area contributed by atoms with Gasteiger partial charge < -0.3 is 21.3 Å². The number of rotatable bonds is 9. The molecule has 9 heteroatoms. The highest BCUT2D eigenvalue weighted by molar-refractivity contribution is 5.68. The Balaban J connectivity index is 1.53. The quantitative estimate of drug-likeness (QED) is 0.316. The number of nitrogens with two attached hydrogens (primary N) is 1. The molecule has 166 valence electrons. The van der Waals surface area contributed by atoms with Crippen molar-refractivity contribution in [3.8, 4) is 0 Å². The van der Waals surface area contributed by atoms with E-state index in [1.807, 2.05) is 0 Å². The second-order valence-corrected chi connectivity index (χ2v) is 8.58. The molecule has 0 radical (unpaired) electrons. The first-order valence-corrected chi connectivity index (χ1v) is 11.2. The molecule has 1 atom stereocenters. The molecule has 31 heavy (non-hydrogen) atoms. The predicted octanol–water partition coefficient (Wildman–Crippen LogP) is 3.63. The van der Waals surface area contributed by atoms with Crippen LogP contribution < -0.4 is 21.3 Å². The number of aryl methyl sites for hydroxylation is 1. The number of hydrogen-bond acceptors (Lipinski definition) is 8. The zero-order valence-electron chi connectivity index (χ0n) is 18.0. The van der Waals surface area contributed by atoms with Gasteiger partial charge in [0.05, 0.1) is 4.92 Å². The molecule has 9 nitrogen and oxygen atoms in total. The lowest BCUT2D eigenvalue weighted by Crippen LogP contribution is -2.46. The topological polar surface area (TPSA) is 122 Å². The molecule has 1 aromatic carbocycles. The van der Waals surface area contributed by atoms with Gasteiger partial charge in [-0.2, -0.15) is 4.98 Å². The number of piperidine rings is 1. The van der Waals surface area contributed by atoms with Crippen LogP contribution >= 0.6 is 0 Å². The summed E-state index contributed by atoms with van der Waals surface area (Å²) in [4.78, 5) is 22.4. The summed E-state index contributed by atoms with van der Waals surface area (Å²) in [6.07, 6.45) is 6.86. The van der Waals surface area contributed by atoms with Crippen molar-refractivity contribution in [2.75, 3.05) is 35.6 Å². The van der Waals surface area contributed by atoms with Gasteiger partial charge in [-0.1, -0.05) is 13.3 Å². The molecule has 2 aliphatic rings. The predicted molar refractivity (Wildman–Crippen MR) is 123 cm³/mol. The van der Waals surface area contributed by atoms with Crippen LogP contribution in [0, 0.1) is 16.0 Å². The molecular weight excluding hydrogens is 394 g/mol. The molecule has 2 fully saturated rings. The molecule has 0 amide bonds. The van der Waals surface area contributed by atoms with Gasteiger partial charge in [0.25, 0.3) is 5.69 Å². The first-order chi connectivity index (χ1) is 15.0. The zero-order valence-corrected chi connectivity index (χ0v) is 18.0. The molecule has 1 aliphatic heterocycles. The van der Waals surface area contributed by atoms with Crippen molar-refractivity contribution < 1.29 is 4.92 Å². The molecule has 1 unspecified atom stereocenters. The van der Waals surface area contributed by atoms with E-state index in [0.29, 0.717) is 17.7 Å². The van der Waals surface area contributed by atoms with Crippen LogP contribution in [0.1, 0.15) is 44.7 Å². The van der Waals surface area contributed by atoms with Crippen molar-refractivity contribution in [2.45, 2.75) is 51.5 Å². The summed E-state index contributed by atoms with van der Waals surface area (Å²) >= 11 is 0. The third kappa shape index (κ3) is 5.61. The summed E-state index contributed by atoms with van der Waals surface area (Å²) in [6, 6.07) is 7.21. The van der Waals surface area contributed by atoms with E-state index >= 15 is 0 Å². The largest absolute Gasteiger partial charge is 0.393 e. The minimum Gasteiger partial charge on any atom is -0.393 e. The lowest BCUT2D eigenvalue weighted by atomic mass is 10.1. The van der Waals surface area contributed by atoms with Gasteiger partial charge >= 0.3 is 0 Å². The molecule has 0 spiro atoms. The van der Waals surface area contributed by atoms with E-state index < -0.39 is 4.92 Å². The van der Waals surface area contributed by atoms with Crippen LogP contribution in [-0.2, 0) is 6.42 Å². The number of nitrogen functional groups attached to an aromatic ring is 1. The zero-order chi connectivity index (χ0) is 21.8. The molecule has 1 aliphatic carbocycles. The number of nitro benzene ring substituents is 1. The van der Waals surface area contributed by atoms with E-state index in [1.165, 1.54) is 31.4 Å². The number of aromatic nitrogens is 2. The van der Waals surface area contributed by atoms with Crippen LogP contribution in [0.4, 0.5) is 28.8 Å². The van der Waals surface area contributed by atoms with Gasteiger partial charge in [0, 0.05) is 42.6 Å². The molecular formula is C22H31N7O2. The Hall–Kier alpha value is -2.94. The Labute approximate surface area is 182 Å². The lowest BCUT2D eigenvalue weighted by Gasteiger charge is -2.34. The van der Waals surface area contributed by atoms with Crippen molar-refractivity contribution in [3.63, 3.8) is 0 Å². The molecule has 1 aromatic heterocycles. The van der Waals surface area contributed by atoms with Crippen molar-refractivity contribution in [3.05, 3.63) is 40.1 Å². The number of benzene rings is 1. The SMILES string of the molecule is CCCc1cc(N2CCCC(NCC3CC3)C2)nc(Nc2ccc(N)c([N+](=O)[O-])c2)n1. The maximum atomic E-state index is 11.2. The first kappa shape index (κ1) is 21.3. The van der Waals surface area contributed by atoms with Crippen LogP contribution in [0.25, 0.3) is 0 Å². The summed E-state index contributed by atoms with van der Waals surface area (Å²) in [7, 11) is 0. The van der Waals surface area contributed by atoms with Gasteiger partial charge in [-0.3, -0.25) is 10.1 Å². The average molecular weight is 426 g/mol. The van der Waals surface area contributed by atoms with Crippen LogP contribution in [0.5, 0.6) is 0 Å². The maximum Gasteiger partial charge on any atom is 0.294 e. The Morgan fingerprint density at radius 3 is 2.84 bits per heavy atom. The number of nitrogens with zero attached hydrogens (tertiary/aromatic N) is 4. The van der Waals surface area contributed by atoms with Gasteiger partial charge in [-0.25, -0.2) is 4.98 Å². The summed E-state index contributed by atoms with van der Waals surface area (Å²) in [5.74, 6) is 2.22. The highest BCUT2D eigenvalue weighted by Crippen LogP contribution is 2.29. The van der Waals surface area contributed by atoms with Gasteiger partial charge in [0.2, 0.25) is 5.95 Å².